The zero-order valence-corrected chi connectivity index (χ0v) is 17.5. The van der Waals surface area contributed by atoms with E-state index in [1.54, 1.807) is 19.3 Å². The van der Waals surface area contributed by atoms with E-state index in [-0.39, 0.29) is 11.5 Å². The van der Waals surface area contributed by atoms with Gasteiger partial charge in [-0.1, -0.05) is 6.08 Å². The number of amides is 1. The van der Waals surface area contributed by atoms with E-state index in [0.717, 1.165) is 17.8 Å². The van der Waals surface area contributed by atoms with Crippen LogP contribution in [-0.2, 0) is 17.5 Å². The molecule has 0 aliphatic carbocycles. The lowest BCUT2D eigenvalue weighted by Gasteiger charge is -2.36. The summed E-state index contributed by atoms with van der Waals surface area (Å²) in [5, 5.41) is 2.51. The molecule has 1 N–H and O–H groups in total. The number of oxazole rings is 1. The second-order valence-electron chi connectivity index (χ2n) is 7.02. The van der Waals surface area contributed by atoms with Crippen molar-refractivity contribution in [2.24, 2.45) is 9.98 Å². The first-order valence-corrected chi connectivity index (χ1v) is 9.84. The highest BCUT2D eigenvalue weighted by molar-refractivity contribution is 6.43. The van der Waals surface area contributed by atoms with E-state index in [2.05, 4.69) is 31.9 Å². The van der Waals surface area contributed by atoms with Gasteiger partial charge in [0.15, 0.2) is 6.39 Å². The highest BCUT2D eigenvalue weighted by Crippen LogP contribution is 2.36. The van der Waals surface area contributed by atoms with Crippen LogP contribution in [0.3, 0.4) is 0 Å². The largest absolute Gasteiger partial charge is 0.451 e. The quantitative estimate of drug-likeness (QED) is 0.558. The first-order valence-electron chi connectivity index (χ1n) is 9.84. The van der Waals surface area contributed by atoms with Crippen molar-refractivity contribution in [2.45, 2.75) is 19.6 Å². The van der Waals surface area contributed by atoms with Crippen LogP contribution in [0, 0.1) is 0 Å². The van der Waals surface area contributed by atoms with Gasteiger partial charge >= 0.3 is 6.18 Å². The Morgan fingerprint density at radius 2 is 2.06 bits per heavy atom. The summed E-state index contributed by atoms with van der Waals surface area (Å²) in [6.45, 7) is 8.09. The molecule has 0 saturated carbocycles. The number of piperazine rings is 1. The van der Waals surface area contributed by atoms with Gasteiger partial charge < -0.3 is 14.6 Å². The Morgan fingerprint density at radius 3 is 2.66 bits per heavy atom. The summed E-state index contributed by atoms with van der Waals surface area (Å²) in [6, 6.07) is 3.30. The van der Waals surface area contributed by atoms with Gasteiger partial charge in [0.25, 0.3) is 5.91 Å². The molecule has 2 heterocycles. The molecule has 11 heteroatoms. The van der Waals surface area contributed by atoms with Gasteiger partial charge in [-0.05, 0) is 31.8 Å². The fourth-order valence-corrected chi connectivity index (χ4v) is 3.27. The van der Waals surface area contributed by atoms with Gasteiger partial charge in [-0.3, -0.25) is 9.69 Å². The van der Waals surface area contributed by atoms with Crippen LogP contribution in [0.25, 0.3) is 0 Å². The minimum absolute atomic E-state index is 0.0339. The number of aliphatic imine (C=N–C) groups is 2. The zero-order chi connectivity index (χ0) is 23.1. The SMILES string of the molecule is C=NC(=N/C=C\C)C(=O)Nc1cc(C(F)(F)F)ccc1N1CCN(Cc2cocn2)CC1. The van der Waals surface area contributed by atoms with Crippen molar-refractivity contribution >= 4 is 29.8 Å². The van der Waals surface area contributed by atoms with Crippen molar-refractivity contribution in [3.8, 4) is 0 Å². The number of carbonyl (C=O) groups is 1. The summed E-state index contributed by atoms with van der Waals surface area (Å²) in [6.07, 6.45) is 1.34. The number of halogens is 3. The summed E-state index contributed by atoms with van der Waals surface area (Å²) in [5.74, 6) is -0.993. The van der Waals surface area contributed by atoms with Crippen LogP contribution in [0.5, 0.6) is 0 Å². The molecule has 1 aromatic heterocycles. The number of hydrogen-bond acceptors (Lipinski definition) is 6. The third-order valence-corrected chi connectivity index (χ3v) is 4.85. The van der Waals surface area contributed by atoms with Crippen LogP contribution in [0.4, 0.5) is 24.5 Å². The predicted octanol–water partition coefficient (Wildman–Crippen LogP) is 3.59. The number of carbonyl (C=O) groups excluding carboxylic acids is 1. The summed E-state index contributed by atoms with van der Waals surface area (Å²) >= 11 is 0. The smallest absolute Gasteiger partial charge is 0.416 e. The number of nitrogens with zero attached hydrogens (tertiary/aromatic N) is 5. The normalized spacial score (nSPS) is 15.9. The number of rotatable bonds is 5. The minimum Gasteiger partial charge on any atom is -0.451 e. The Labute approximate surface area is 183 Å². The monoisotopic (exact) mass is 448 g/mol. The number of alkyl halides is 3. The van der Waals surface area contributed by atoms with Gasteiger partial charge in [0, 0.05) is 38.9 Å². The first kappa shape index (κ1) is 23.2. The molecule has 0 bridgehead atoms. The minimum atomic E-state index is -4.55. The highest BCUT2D eigenvalue weighted by Gasteiger charge is 2.32. The molecule has 0 unspecified atom stereocenters. The molecule has 1 amide bonds. The maximum atomic E-state index is 13.3. The lowest BCUT2D eigenvalue weighted by atomic mass is 10.1. The number of benzene rings is 1. The van der Waals surface area contributed by atoms with E-state index in [9.17, 15) is 18.0 Å². The van der Waals surface area contributed by atoms with Crippen molar-refractivity contribution in [3.63, 3.8) is 0 Å². The van der Waals surface area contributed by atoms with Crippen molar-refractivity contribution in [1.29, 1.82) is 0 Å². The van der Waals surface area contributed by atoms with Gasteiger partial charge in [-0.25, -0.2) is 15.0 Å². The maximum Gasteiger partial charge on any atom is 0.416 e. The Bertz CT molecular complexity index is 993. The number of amidine groups is 1. The summed E-state index contributed by atoms with van der Waals surface area (Å²) in [4.78, 5) is 28.2. The highest BCUT2D eigenvalue weighted by atomic mass is 19.4. The summed E-state index contributed by atoms with van der Waals surface area (Å²) in [7, 11) is 0. The van der Waals surface area contributed by atoms with Crippen LogP contribution in [0.15, 0.2) is 57.5 Å². The molecule has 1 fully saturated rings. The molecule has 1 saturated heterocycles. The van der Waals surface area contributed by atoms with Crippen molar-refractivity contribution in [2.75, 3.05) is 36.4 Å². The van der Waals surface area contributed by atoms with Crippen molar-refractivity contribution < 1.29 is 22.4 Å². The van der Waals surface area contributed by atoms with E-state index < -0.39 is 17.6 Å². The second-order valence-corrected chi connectivity index (χ2v) is 7.02. The molecule has 1 aliphatic heterocycles. The number of hydrogen-bond donors (Lipinski definition) is 1. The third kappa shape index (κ3) is 5.82. The number of anilines is 2. The molecule has 170 valence electrons. The third-order valence-electron chi connectivity index (χ3n) is 4.85. The fourth-order valence-electron chi connectivity index (χ4n) is 3.27. The van der Waals surface area contributed by atoms with Gasteiger partial charge in [0.05, 0.1) is 22.6 Å². The van der Waals surface area contributed by atoms with Gasteiger partial charge in [0.2, 0.25) is 5.84 Å². The predicted molar refractivity (Wildman–Crippen MR) is 116 cm³/mol. The fraction of sp³-hybridized carbons (Fsp3) is 0.333. The van der Waals surface area contributed by atoms with Crippen LogP contribution >= 0.6 is 0 Å². The summed E-state index contributed by atoms with van der Waals surface area (Å²) in [5.41, 5.74) is 0.471. The van der Waals surface area contributed by atoms with Crippen molar-refractivity contribution in [1.82, 2.24) is 9.88 Å². The molecule has 8 nitrogen and oxygen atoms in total. The molecule has 1 aromatic carbocycles. The average molecular weight is 448 g/mol. The molecular weight excluding hydrogens is 425 g/mol. The van der Waals surface area contributed by atoms with E-state index in [0.29, 0.717) is 38.4 Å². The van der Waals surface area contributed by atoms with Gasteiger partial charge in [0.1, 0.15) is 6.26 Å². The van der Waals surface area contributed by atoms with Crippen molar-refractivity contribution in [3.05, 3.63) is 54.4 Å². The molecular formula is C21H23F3N6O2. The standard InChI is InChI=1S/C21H23F3N6O2/c1-3-6-26-19(25-2)20(31)28-17-11-15(21(22,23)24)4-5-18(17)30-9-7-29(8-10-30)12-16-13-32-14-27-16/h3-6,11,13-14H,2,7-10,12H2,1H3,(H,28,31)/b6-3-,26-19?. The Balaban J connectivity index is 1.81. The average Bonchev–Trinajstić information content (AvgIpc) is 3.27. The van der Waals surface area contributed by atoms with E-state index in [1.807, 2.05) is 4.90 Å². The van der Waals surface area contributed by atoms with Gasteiger partial charge in [-0.15, -0.1) is 0 Å². The zero-order valence-electron chi connectivity index (χ0n) is 17.5. The molecule has 1 aliphatic rings. The lowest BCUT2D eigenvalue weighted by Crippen LogP contribution is -2.46. The van der Waals surface area contributed by atoms with Crippen LogP contribution < -0.4 is 10.2 Å². The van der Waals surface area contributed by atoms with Crippen LogP contribution in [-0.4, -0.2) is 54.5 Å². The molecule has 3 rings (SSSR count). The molecule has 0 spiro atoms. The molecule has 32 heavy (non-hydrogen) atoms. The first-order chi connectivity index (χ1) is 15.3. The molecule has 0 radical (unpaired) electrons. The van der Waals surface area contributed by atoms with Gasteiger partial charge in [-0.2, -0.15) is 13.2 Å². The molecule has 2 aromatic rings. The summed E-state index contributed by atoms with van der Waals surface area (Å²) < 4.78 is 44.9. The maximum absolute atomic E-state index is 13.3. The van der Waals surface area contributed by atoms with E-state index in [4.69, 9.17) is 4.42 Å². The van der Waals surface area contributed by atoms with Crippen LogP contribution in [0.2, 0.25) is 0 Å². The Hall–Kier alpha value is -3.47. The second kappa shape index (κ2) is 10.2. The number of aromatic nitrogens is 1. The number of allylic oxidation sites excluding steroid dienone is 1. The van der Waals surface area contributed by atoms with E-state index >= 15 is 0 Å². The lowest BCUT2D eigenvalue weighted by molar-refractivity contribution is -0.137. The number of nitrogens with one attached hydrogen (secondary N) is 1. The molecule has 0 atom stereocenters. The van der Waals surface area contributed by atoms with E-state index in [1.165, 1.54) is 18.7 Å². The topological polar surface area (TPSA) is 86.3 Å². The van der Waals surface area contributed by atoms with Crippen LogP contribution in [0.1, 0.15) is 18.2 Å². The Morgan fingerprint density at radius 1 is 1.31 bits per heavy atom. The Kier molecular flexibility index (Phi) is 7.41.